The number of alkyl halides is 2. The number of ether oxygens (including phenoxy) is 1. The maximum absolute atomic E-state index is 13.2. The standard InChI is InChI=1S/C19H26F2N2O2/c1-25-17-12-15(14-4-8-22-9-5-14)2-3-16(17)13-18(24)23-10-6-19(20,21)7-11-23/h2-3,12,14,22H,4-11,13H2,1H3. The number of amides is 1. The van der Waals surface area contributed by atoms with Crippen molar-refractivity contribution in [3.05, 3.63) is 29.3 Å². The zero-order chi connectivity index (χ0) is 17.9. The number of methoxy groups -OCH3 is 1. The Morgan fingerprint density at radius 1 is 1.28 bits per heavy atom. The van der Waals surface area contributed by atoms with Crippen LogP contribution in [0.15, 0.2) is 18.2 Å². The fraction of sp³-hybridized carbons (Fsp3) is 0.632. The normalized spacial score (nSPS) is 21.2. The summed E-state index contributed by atoms with van der Waals surface area (Å²) < 4.78 is 32.0. The zero-order valence-corrected chi connectivity index (χ0v) is 14.7. The van der Waals surface area contributed by atoms with E-state index in [1.807, 2.05) is 12.1 Å². The van der Waals surface area contributed by atoms with Gasteiger partial charge in [0.1, 0.15) is 5.75 Å². The van der Waals surface area contributed by atoms with Crippen molar-refractivity contribution in [3.8, 4) is 5.75 Å². The topological polar surface area (TPSA) is 41.6 Å². The van der Waals surface area contributed by atoms with Crippen molar-refractivity contribution < 1.29 is 18.3 Å². The predicted octanol–water partition coefficient (Wildman–Crippen LogP) is 2.96. The number of hydrogen-bond acceptors (Lipinski definition) is 3. The molecule has 0 bridgehead atoms. The summed E-state index contributed by atoms with van der Waals surface area (Å²) in [6.07, 6.45) is 1.91. The molecule has 6 heteroatoms. The van der Waals surface area contributed by atoms with Crippen LogP contribution in [0.5, 0.6) is 5.75 Å². The number of carbonyl (C=O) groups excluding carboxylic acids is 1. The van der Waals surface area contributed by atoms with Crippen LogP contribution in [0.4, 0.5) is 8.78 Å². The molecule has 1 amide bonds. The van der Waals surface area contributed by atoms with Gasteiger partial charge in [-0.15, -0.1) is 0 Å². The Morgan fingerprint density at radius 2 is 1.96 bits per heavy atom. The SMILES string of the molecule is COc1cc(C2CCNCC2)ccc1CC(=O)N1CCC(F)(F)CC1. The number of halogens is 2. The Kier molecular flexibility index (Phi) is 5.57. The van der Waals surface area contributed by atoms with E-state index in [2.05, 4.69) is 11.4 Å². The van der Waals surface area contributed by atoms with Crippen molar-refractivity contribution >= 4 is 5.91 Å². The third-order valence-electron chi connectivity index (χ3n) is 5.31. The summed E-state index contributed by atoms with van der Waals surface area (Å²) in [5, 5.41) is 3.36. The number of nitrogens with zero attached hydrogens (tertiary/aromatic N) is 1. The first-order valence-electron chi connectivity index (χ1n) is 9.02. The van der Waals surface area contributed by atoms with Crippen LogP contribution in [-0.2, 0) is 11.2 Å². The second kappa shape index (κ2) is 7.68. The molecule has 2 fully saturated rings. The van der Waals surface area contributed by atoms with E-state index in [0.717, 1.165) is 31.5 Å². The van der Waals surface area contributed by atoms with Crippen molar-refractivity contribution in [1.82, 2.24) is 10.2 Å². The van der Waals surface area contributed by atoms with Gasteiger partial charge in [0, 0.05) is 31.5 Å². The van der Waals surface area contributed by atoms with Gasteiger partial charge < -0.3 is 15.0 Å². The van der Waals surface area contributed by atoms with Crippen LogP contribution in [0.25, 0.3) is 0 Å². The highest BCUT2D eigenvalue weighted by Gasteiger charge is 2.35. The molecule has 1 N–H and O–H groups in total. The molecule has 0 radical (unpaired) electrons. The molecule has 4 nitrogen and oxygen atoms in total. The molecule has 0 atom stereocenters. The summed E-state index contributed by atoms with van der Waals surface area (Å²) in [6, 6.07) is 6.06. The first-order valence-corrected chi connectivity index (χ1v) is 9.02. The Hall–Kier alpha value is -1.69. The van der Waals surface area contributed by atoms with Gasteiger partial charge in [-0.3, -0.25) is 4.79 Å². The quantitative estimate of drug-likeness (QED) is 0.906. The number of piperidine rings is 2. The third-order valence-corrected chi connectivity index (χ3v) is 5.31. The zero-order valence-electron chi connectivity index (χ0n) is 14.7. The maximum atomic E-state index is 13.2. The van der Waals surface area contributed by atoms with Crippen molar-refractivity contribution in [2.45, 2.75) is 43.9 Å². The lowest BCUT2D eigenvalue weighted by molar-refractivity contribution is -0.136. The highest BCUT2D eigenvalue weighted by atomic mass is 19.3. The molecule has 2 heterocycles. The van der Waals surface area contributed by atoms with Crippen LogP contribution >= 0.6 is 0 Å². The monoisotopic (exact) mass is 352 g/mol. The minimum absolute atomic E-state index is 0.108. The third kappa shape index (κ3) is 4.48. The molecular weight excluding hydrogens is 326 g/mol. The van der Waals surface area contributed by atoms with E-state index in [4.69, 9.17) is 4.74 Å². The summed E-state index contributed by atoms with van der Waals surface area (Å²) in [6.45, 7) is 2.29. The van der Waals surface area contributed by atoms with Crippen molar-refractivity contribution in [1.29, 1.82) is 0 Å². The molecule has 0 saturated carbocycles. The first-order chi connectivity index (χ1) is 12.0. The summed E-state index contributed by atoms with van der Waals surface area (Å²) in [7, 11) is 1.61. The van der Waals surface area contributed by atoms with Gasteiger partial charge in [0.05, 0.1) is 13.5 Å². The molecule has 0 spiro atoms. The molecule has 1 aromatic rings. The second-order valence-electron chi connectivity index (χ2n) is 7.01. The van der Waals surface area contributed by atoms with Crippen LogP contribution in [0, 0.1) is 0 Å². The van der Waals surface area contributed by atoms with Crippen LogP contribution < -0.4 is 10.1 Å². The van der Waals surface area contributed by atoms with Crippen molar-refractivity contribution in [2.24, 2.45) is 0 Å². The second-order valence-corrected chi connectivity index (χ2v) is 7.01. The van der Waals surface area contributed by atoms with Crippen LogP contribution in [0.2, 0.25) is 0 Å². The van der Waals surface area contributed by atoms with E-state index in [1.165, 1.54) is 10.5 Å². The number of carbonyl (C=O) groups is 1. The van der Waals surface area contributed by atoms with E-state index < -0.39 is 5.92 Å². The smallest absolute Gasteiger partial charge is 0.251 e. The van der Waals surface area contributed by atoms with E-state index in [9.17, 15) is 13.6 Å². The Bertz CT molecular complexity index is 605. The Morgan fingerprint density at radius 3 is 2.60 bits per heavy atom. The molecule has 25 heavy (non-hydrogen) atoms. The maximum Gasteiger partial charge on any atom is 0.251 e. The molecule has 0 unspecified atom stereocenters. The highest BCUT2D eigenvalue weighted by molar-refractivity contribution is 5.79. The molecule has 3 rings (SSSR count). The molecule has 2 saturated heterocycles. The molecule has 0 aromatic heterocycles. The first kappa shape index (κ1) is 18.1. The van der Waals surface area contributed by atoms with Gasteiger partial charge in [-0.1, -0.05) is 12.1 Å². The van der Waals surface area contributed by atoms with E-state index >= 15 is 0 Å². The van der Waals surface area contributed by atoms with Gasteiger partial charge >= 0.3 is 0 Å². The summed E-state index contributed by atoms with van der Waals surface area (Å²) in [4.78, 5) is 14.0. The lowest BCUT2D eigenvalue weighted by Gasteiger charge is -2.32. The van der Waals surface area contributed by atoms with Gasteiger partial charge in [0.25, 0.3) is 5.92 Å². The molecule has 2 aliphatic heterocycles. The van der Waals surface area contributed by atoms with E-state index in [-0.39, 0.29) is 38.3 Å². The van der Waals surface area contributed by atoms with Gasteiger partial charge in [-0.05, 0) is 43.5 Å². The molecule has 1 aromatic carbocycles. The minimum atomic E-state index is -2.63. The van der Waals surface area contributed by atoms with E-state index in [0.29, 0.717) is 11.7 Å². The summed E-state index contributed by atoms with van der Waals surface area (Å²) >= 11 is 0. The molecule has 2 aliphatic rings. The fourth-order valence-corrected chi connectivity index (χ4v) is 3.67. The van der Waals surface area contributed by atoms with Gasteiger partial charge in [0.2, 0.25) is 5.91 Å². The predicted molar refractivity (Wildman–Crippen MR) is 92.3 cm³/mol. The minimum Gasteiger partial charge on any atom is -0.496 e. The fourth-order valence-electron chi connectivity index (χ4n) is 3.67. The lowest BCUT2D eigenvalue weighted by Crippen LogP contribution is -2.43. The van der Waals surface area contributed by atoms with Gasteiger partial charge in [-0.25, -0.2) is 8.78 Å². The summed E-state index contributed by atoms with van der Waals surface area (Å²) in [5.74, 6) is -1.51. The van der Waals surface area contributed by atoms with Crippen molar-refractivity contribution in [3.63, 3.8) is 0 Å². The van der Waals surface area contributed by atoms with Crippen LogP contribution in [0.1, 0.15) is 42.7 Å². The van der Waals surface area contributed by atoms with Crippen molar-refractivity contribution in [2.75, 3.05) is 33.3 Å². The Labute approximate surface area is 147 Å². The number of rotatable bonds is 4. The number of likely N-dealkylation sites (tertiary alicyclic amines) is 1. The van der Waals surface area contributed by atoms with Crippen LogP contribution in [-0.4, -0.2) is 50.0 Å². The lowest BCUT2D eigenvalue weighted by atomic mass is 9.89. The summed E-state index contributed by atoms with van der Waals surface area (Å²) in [5.41, 5.74) is 2.06. The average Bonchev–Trinajstić information content (AvgIpc) is 2.62. The molecule has 0 aliphatic carbocycles. The molecular formula is C19H26F2N2O2. The van der Waals surface area contributed by atoms with Crippen LogP contribution in [0.3, 0.4) is 0 Å². The Balaban J connectivity index is 1.66. The largest absolute Gasteiger partial charge is 0.496 e. The van der Waals surface area contributed by atoms with E-state index in [1.54, 1.807) is 7.11 Å². The number of nitrogens with one attached hydrogen (secondary N) is 1. The van der Waals surface area contributed by atoms with Gasteiger partial charge in [-0.2, -0.15) is 0 Å². The highest BCUT2D eigenvalue weighted by Crippen LogP contribution is 2.31. The van der Waals surface area contributed by atoms with Gasteiger partial charge in [0.15, 0.2) is 0 Å². The molecule has 138 valence electrons. The number of hydrogen-bond donors (Lipinski definition) is 1. The number of benzene rings is 1. The average molecular weight is 352 g/mol.